The van der Waals surface area contributed by atoms with Crippen molar-refractivity contribution < 1.29 is 13.5 Å². The van der Waals surface area contributed by atoms with Gasteiger partial charge < -0.3 is 10.0 Å². The highest BCUT2D eigenvalue weighted by Crippen LogP contribution is 2.20. The SMILES string of the molecule is CC(C)N(C)CCCNS(=O)(=O)c1ccc(Cl)c(CO)c1. The average Bonchev–Trinajstić information content (AvgIpc) is 2.43. The molecule has 1 aromatic rings. The predicted molar refractivity (Wildman–Crippen MR) is 84.9 cm³/mol. The Balaban J connectivity index is 2.62. The summed E-state index contributed by atoms with van der Waals surface area (Å²) in [6, 6.07) is 4.74. The van der Waals surface area contributed by atoms with Crippen molar-refractivity contribution in [2.75, 3.05) is 20.1 Å². The van der Waals surface area contributed by atoms with E-state index in [1.165, 1.54) is 18.2 Å². The molecule has 0 aliphatic heterocycles. The molecule has 0 spiro atoms. The molecule has 2 N–H and O–H groups in total. The third kappa shape index (κ3) is 5.56. The van der Waals surface area contributed by atoms with Crippen molar-refractivity contribution in [3.8, 4) is 0 Å². The van der Waals surface area contributed by atoms with Gasteiger partial charge in [0.25, 0.3) is 0 Å². The lowest BCUT2D eigenvalue weighted by Gasteiger charge is -2.20. The molecule has 0 aromatic heterocycles. The molecule has 0 unspecified atom stereocenters. The summed E-state index contributed by atoms with van der Waals surface area (Å²) < 4.78 is 26.8. The van der Waals surface area contributed by atoms with Gasteiger partial charge >= 0.3 is 0 Å². The summed E-state index contributed by atoms with van der Waals surface area (Å²) in [5.41, 5.74) is 0.402. The van der Waals surface area contributed by atoms with Crippen LogP contribution in [0.1, 0.15) is 25.8 Å². The number of hydrogen-bond donors (Lipinski definition) is 2. The van der Waals surface area contributed by atoms with Crippen molar-refractivity contribution in [1.29, 1.82) is 0 Å². The molecule has 0 bridgehead atoms. The highest BCUT2D eigenvalue weighted by atomic mass is 35.5. The van der Waals surface area contributed by atoms with Gasteiger partial charge in [-0.1, -0.05) is 11.6 Å². The number of aliphatic hydroxyl groups excluding tert-OH is 1. The highest BCUT2D eigenvalue weighted by molar-refractivity contribution is 7.89. The number of halogens is 1. The summed E-state index contributed by atoms with van der Waals surface area (Å²) in [6.45, 7) is 5.09. The van der Waals surface area contributed by atoms with Crippen molar-refractivity contribution in [2.45, 2.75) is 37.8 Å². The van der Waals surface area contributed by atoms with Gasteiger partial charge in [-0.15, -0.1) is 0 Å². The van der Waals surface area contributed by atoms with Crippen LogP contribution in [-0.4, -0.2) is 44.6 Å². The van der Waals surface area contributed by atoms with Gasteiger partial charge in [-0.05, 0) is 57.6 Å². The van der Waals surface area contributed by atoms with Crippen molar-refractivity contribution in [3.05, 3.63) is 28.8 Å². The highest BCUT2D eigenvalue weighted by Gasteiger charge is 2.15. The van der Waals surface area contributed by atoms with Crippen molar-refractivity contribution in [2.24, 2.45) is 0 Å². The maximum absolute atomic E-state index is 12.1. The van der Waals surface area contributed by atoms with E-state index in [-0.39, 0.29) is 11.5 Å². The van der Waals surface area contributed by atoms with E-state index in [1.807, 2.05) is 7.05 Å². The minimum absolute atomic E-state index is 0.119. The topological polar surface area (TPSA) is 69.6 Å². The van der Waals surface area contributed by atoms with Crippen LogP contribution in [0.25, 0.3) is 0 Å². The Morgan fingerprint density at radius 2 is 2.05 bits per heavy atom. The number of hydrogen-bond acceptors (Lipinski definition) is 4. The molecule has 0 atom stereocenters. The third-order valence-electron chi connectivity index (χ3n) is 3.36. The molecule has 0 radical (unpaired) electrons. The fourth-order valence-corrected chi connectivity index (χ4v) is 3.02. The van der Waals surface area contributed by atoms with Crippen LogP contribution in [0.4, 0.5) is 0 Å². The molecular weight excluding hydrogens is 312 g/mol. The average molecular weight is 335 g/mol. The molecule has 1 rings (SSSR count). The molecule has 21 heavy (non-hydrogen) atoms. The first-order valence-electron chi connectivity index (χ1n) is 6.87. The van der Waals surface area contributed by atoms with E-state index >= 15 is 0 Å². The van der Waals surface area contributed by atoms with Crippen LogP contribution < -0.4 is 4.72 Å². The van der Waals surface area contributed by atoms with Crippen LogP contribution >= 0.6 is 11.6 Å². The molecule has 1 aromatic carbocycles. The second-order valence-corrected chi connectivity index (χ2v) is 7.41. The first-order chi connectivity index (χ1) is 9.77. The standard InChI is InChI=1S/C14H23ClN2O3S/c1-11(2)17(3)8-4-7-16-21(19,20)13-5-6-14(15)12(9-13)10-18/h5-6,9,11,16,18H,4,7-8,10H2,1-3H3. The molecule has 0 heterocycles. The van der Waals surface area contributed by atoms with Crippen LogP contribution in [0.3, 0.4) is 0 Å². The van der Waals surface area contributed by atoms with Gasteiger partial charge in [0.1, 0.15) is 0 Å². The second-order valence-electron chi connectivity index (χ2n) is 5.24. The zero-order valence-corrected chi connectivity index (χ0v) is 14.2. The van der Waals surface area contributed by atoms with E-state index in [0.29, 0.717) is 23.2 Å². The smallest absolute Gasteiger partial charge is 0.240 e. The Kier molecular flexibility index (Phi) is 7.09. The van der Waals surface area contributed by atoms with Crippen LogP contribution in [0.5, 0.6) is 0 Å². The van der Waals surface area contributed by atoms with Crippen LogP contribution in [0.2, 0.25) is 5.02 Å². The Bertz CT molecular complexity index is 561. The fourth-order valence-electron chi connectivity index (χ4n) is 1.72. The Morgan fingerprint density at radius 3 is 2.62 bits per heavy atom. The molecule has 0 aliphatic rings. The molecule has 0 fully saturated rings. The van der Waals surface area contributed by atoms with Crippen LogP contribution in [0.15, 0.2) is 23.1 Å². The first kappa shape index (κ1) is 18.4. The predicted octanol–water partition coefficient (Wildman–Crippen LogP) is 1.84. The Labute approximate surface area is 132 Å². The number of rotatable bonds is 8. The minimum Gasteiger partial charge on any atom is -0.392 e. The van der Waals surface area contributed by atoms with Crippen molar-refractivity contribution in [1.82, 2.24) is 9.62 Å². The second kappa shape index (κ2) is 8.10. The maximum atomic E-state index is 12.1. The van der Waals surface area contributed by atoms with Gasteiger partial charge in [0.2, 0.25) is 10.0 Å². The minimum atomic E-state index is -3.57. The lowest BCUT2D eigenvalue weighted by molar-refractivity contribution is 0.271. The van der Waals surface area contributed by atoms with Gasteiger partial charge in [0.15, 0.2) is 0 Å². The van der Waals surface area contributed by atoms with E-state index < -0.39 is 10.0 Å². The zero-order chi connectivity index (χ0) is 16.0. The molecule has 0 aliphatic carbocycles. The quantitative estimate of drug-likeness (QED) is 0.712. The normalized spacial score (nSPS) is 12.3. The van der Waals surface area contributed by atoms with Gasteiger partial charge in [-0.2, -0.15) is 0 Å². The lowest BCUT2D eigenvalue weighted by Crippen LogP contribution is -2.31. The number of nitrogens with zero attached hydrogens (tertiary/aromatic N) is 1. The van der Waals surface area contributed by atoms with Crippen molar-refractivity contribution in [3.63, 3.8) is 0 Å². The number of aliphatic hydroxyl groups is 1. The van der Waals surface area contributed by atoms with Gasteiger partial charge in [-0.25, -0.2) is 13.1 Å². The van der Waals surface area contributed by atoms with E-state index in [9.17, 15) is 8.42 Å². The fraction of sp³-hybridized carbons (Fsp3) is 0.571. The number of benzene rings is 1. The molecule has 0 saturated heterocycles. The third-order valence-corrected chi connectivity index (χ3v) is 5.19. The first-order valence-corrected chi connectivity index (χ1v) is 8.73. The number of sulfonamides is 1. The Morgan fingerprint density at radius 1 is 1.38 bits per heavy atom. The molecule has 7 heteroatoms. The summed E-state index contributed by atoms with van der Waals surface area (Å²) in [5.74, 6) is 0. The summed E-state index contributed by atoms with van der Waals surface area (Å²) in [7, 11) is -1.56. The molecule has 120 valence electrons. The monoisotopic (exact) mass is 334 g/mol. The van der Waals surface area contributed by atoms with Gasteiger partial charge in [-0.3, -0.25) is 0 Å². The molecule has 0 saturated carbocycles. The Hall–Kier alpha value is -0.660. The van der Waals surface area contributed by atoms with Gasteiger partial charge in [0.05, 0.1) is 11.5 Å². The van der Waals surface area contributed by atoms with E-state index in [1.54, 1.807) is 0 Å². The molecule has 5 nitrogen and oxygen atoms in total. The van der Waals surface area contributed by atoms with E-state index in [2.05, 4.69) is 23.5 Å². The summed E-state index contributed by atoms with van der Waals surface area (Å²) >= 11 is 5.86. The lowest BCUT2D eigenvalue weighted by atomic mass is 10.2. The largest absolute Gasteiger partial charge is 0.392 e. The van der Waals surface area contributed by atoms with E-state index in [0.717, 1.165) is 13.0 Å². The molecular formula is C14H23ClN2O3S. The summed E-state index contributed by atoms with van der Waals surface area (Å²) in [4.78, 5) is 2.27. The summed E-state index contributed by atoms with van der Waals surface area (Å²) in [6.07, 6.45) is 0.731. The van der Waals surface area contributed by atoms with Gasteiger partial charge in [0, 0.05) is 17.6 Å². The zero-order valence-electron chi connectivity index (χ0n) is 12.6. The molecule has 0 amide bonds. The van der Waals surface area contributed by atoms with Crippen molar-refractivity contribution >= 4 is 21.6 Å². The summed E-state index contributed by atoms with van der Waals surface area (Å²) in [5, 5.41) is 9.49. The number of nitrogens with one attached hydrogen (secondary N) is 1. The van der Waals surface area contributed by atoms with Crippen LogP contribution in [0, 0.1) is 0 Å². The van der Waals surface area contributed by atoms with E-state index in [4.69, 9.17) is 16.7 Å². The van der Waals surface area contributed by atoms with Crippen LogP contribution in [-0.2, 0) is 16.6 Å². The maximum Gasteiger partial charge on any atom is 0.240 e.